The minimum absolute atomic E-state index is 0.0883. The van der Waals surface area contributed by atoms with Crippen LogP contribution in [0.25, 0.3) is 11.1 Å². The normalized spacial score (nSPS) is 11.6. The van der Waals surface area contributed by atoms with Crippen molar-refractivity contribution >= 4 is 0 Å². The van der Waals surface area contributed by atoms with Crippen molar-refractivity contribution in [2.45, 2.75) is 6.92 Å². The molecule has 0 aliphatic heterocycles. The number of halogens is 5. The maximum atomic E-state index is 13.0. The molecule has 2 aromatic carbocycles. The molecule has 0 atom stereocenters. The predicted octanol–water partition coefficient (Wildman–Crippen LogP) is 6.27. The van der Waals surface area contributed by atoms with Gasteiger partial charge in [0.1, 0.15) is 11.5 Å². The lowest BCUT2D eigenvalue weighted by atomic mass is 10.1. The van der Waals surface area contributed by atoms with Crippen LogP contribution in [0, 0.1) is 0 Å². The van der Waals surface area contributed by atoms with E-state index >= 15 is 0 Å². The van der Waals surface area contributed by atoms with Crippen LogP contribution in [0.4, 0.5) is 22.0 Å². The van der Waals surface area contributed by atoms with Crippen molar-refractivity contribution in [1.29, 1.82) is 0 Å². The third-order valence-electron chi connectivity index (χ3n) is 2.88. The lowest BCUT2D eigenvalue weighted by molar-refractivity contribution is 0.241. The fraction of sp³-hybridized carbons (Fsp3) is 0.0588. The lowest BCUT2D eigenvalue weighted by Crippen LogP contribution is -1.91. The van der Waals surface area contributed by atoms with Gasteiger partial charge >= 0.3 is 18.1 Å². The van der Waals surface area contributed by atoms with Crippen molar-refractivity contribution in [3.8, 4) is 22.6 Å². The highest BCUT2D eigenvalue weighted by atomic mass is 19.3. The van der Waals surface area contributed by atoms with E-state index in [1.54, 1.807) is 12.1 Å². The molecule has 0 spiro atoms. The second kappa shape index (κ2) is 7.63. The third-order valence-corrected chi connectivity index (χ3v) is 2.88. The number of benzene rings is 2. The van der Waals surface area contributed by atoms with Crippen LogP contribution in [0.1, 0.15) is 6.92 Å². The van der Waals surface area contributed by atoms with E-state index < -0.39 is 23.9 Å². The van der Waals surface area contributed by atoms with Crippen molar-refractivity contribution in [3.63, 3.8) is 0 Å². The summed E-state index contributed by atoms with van der Waals surface area (Å²) in [6.45, 7) is 0.931. The molecule has 0 heterocycles. The van der Waals surface area contributed by atoms with Gasteiger partial charge < -0.3 is 9.47 Å². The Balaban J connectivity index is 2.12. The molecule has 0 amide bonds. The molecule has 0 saturated heterocycles. The first-order chi connectivity index (χ1) is 11.4. The topological polar surface area (TPSA) is 18.5 Å². The van der Waals surface area contributed by atoms with Crippen LogP contribution < -0.4 is 9.47 Å². The van der Waals surface area contributed by atoms with E-state index in [0.29, 0.717) is 11.1 Å². The summed E-state index contributed by atoms with van der Waals surface area (Å²) in [5.74, 6) is -1.05. The summed E-state index contributed by atoms with van der Waals surface area (Å²) in [4.78, 5) is 0. The Morgan fingerprint density at radius 1 is 0.625 bits per heavy atom. The minimum atomic E-state index is -2.54. The molecule has 0 aliphatic rings. The summed E-state index contributed by atoms with van der Waals surface area (Å²) in [5.41, 5.74) is 1.37. The lowest BCUT2D eigenvalue weighted by Gasteiger charge is -2.07. The number of ether oxygens (including phenoxy) is 2. The van der Waals surface area contributed by atoms with Crippen LogP contribution in [0.3, 0.4) is 0 Å². The van der Waals surface area contributed by atoms with Crippen molar-refractivity contribution in [1.82, 2.24) is 0 Å². The maximum Gasteiger partial charge on any atom is 0.344 e. The Kier molecular flexibility index (Phi) is 5.57. The van der Waals surface area contributed by atoms with Gasteiger partial charge in [-0.2, -0.15) is 17.6 Å². The van der Waals surface area contributed by atoms with Crippen molar-refractivity contribution < 1.29 is 31.4 Å². The number of rotatable bonds is 5. The molecule has 24 heavy (non-hydrogen) atoms. The Labute approximate surface area is 134 Å². The zero-order valence-corrected chi connectivity index (χ0v) is 12.3. The van der Waals surface area contributed by atoms with Crippen LogP contribution in [-0.4, -0.2) is 0 Å². The largest absolute Gasteiger partial charge is 0.430 e. The quantitative estimate of drug-likeness (QED) is 0.471. The molecule has 0 aliphatic carbocycles. The van der Waals surface area contributed by atoms with E-state index in [9.17, 15) is 22.0 Å². The molecule has 0 aromatic heterocycles. The summed E-state index contributed by atoms with van der Waals surface area (Å²) in [6.07, 6.45) is -2.54. The van der Waals surface area contributed by atoms with Gasteiger partial charge in [0.15, 0.2) is 5.83 Å². The van der Waals surface area contributed by atoms with Gasteiger partial charge in [0.2, 0.25) is 0 Å². The second-order valence-corrected chi connectivity index (χ2v) is 4.59. The van der Waals surface area contributed by atoms with Crippen LogP contribution in [0.5, 0.6) is 11.5 Å². The van der Waals surface area contributed by atoms with E-state index in [1.165, 1.54) is 36.4 Å². The first-order valence-electron chi connectivity index (χ1n) is 6.65. The maximum absolute atomic E-state index is 13.0. The fourth-order valence-corrected chi connectivity index (χ4v) is 1.75. The smallest absolute Gasteiger partial charge is 0.344 e. The second-order valence-electron chi connectivity index (χ2n) is 4.59. The van der Waals surface area contributed by atoms with E-state index in [1.807, 2.05) is 0 Å². The molecule has 2 nitrogen and oxygen atoms in total. The van der Waals surface area contributed by atoms with Crippen molar-refractivity contribution in [3.05, 3.63) is 72.5 Å². The number of allylic oxidation sites excluding steroid dienone is 1. The molecule has 0 saturated carbocycles. The molecule has 0 N–H and O–H groups in total. The van der Waals surface area contributed by atoms with Gasteiger partial charge in [-0.05, 0) is 42.3 Å². The van der Waals surface area contributed by atoms with Gasteiger partial charge in [0, 0.05) is 0 Å². The highest BCUT2D eigenvalue weighted by Gasteiger charge is 2.08. The molecule has 0 unspecified atom stereocenters. The molecule has 2 rings (SSSR count). The molecular formula is C17H11F5O2. The summed E-state index contributed by atoms with van der Waals surface area (Å²) < 4.78 is 71.2. The summed E-state index contributed by atoms with van der Waals surface area (Å²) in [6, 6.07) is 8.46. The van der Waals surface area contributed by atoms with Gasteiger partial charge in [-0.25, -0.2) is 4.39 Å². The number of hydrogen-bond acceptors (Lipinski definition) is 2. The summed E-state index contributed by atoms with van der Waals surface area (Å²) in [7, 11) is 0. The van der Waals surface area contributed by atoms with Gasteiger partial charge in [-0.1, -0.05) is 24.3 Å². The average molecular weight is 342 g/mol. The van der Waals surface area contributed by atoms with E-state index in [-0.39, 0.29) is 11.5 Å². The van der Waals surface area contributed by atoms with Crippen LogP contribution in [0.15, 0.2) is 72.5 Å². The molecule has 0 fully saturated rings. The van der Waals surface area contributed by atoms with Crippen LogP contribution in [0.2, 0.25) is 0 Å². The minimum Gasteiger partial charge on any atom is -0.430 e. The highest BCUT2D eigenvalue weighted by molar-refractivity contribution is 5.65. The number of hydrogen-bond donors (Lipinski definition) is 0. The zero-order valence-electron chi connectivity index (χ0n) is 12.3. The van der Waals surface area contributed by atoms with Crippen molar-refractivity contribution in [2.75, 3.05) is 0 Å². The SMILES string of the molecule is C/C(F)=C(/F)Oc1ccc(-c2ccc(OC(F)=C(F)F)cc2)cc1. The first-order valence-corrected chi connectivity index (χ1v) is 6.65. The van der Waals surface area contributed by atoms with Crippen LogP contribution in [-0.2, 0) is 0 Å². The predicted molar refractivity (Wildman–Crippen MR) is 78.4 cm³/mol. The average Bonchev–Trinajstić information content (AvgIpc) is 2.56. The molecule has 0 bridgehead atoms. The summed E-state index contributed by atoms with van der Waals surface area (Å²) >= 11 is 0. The van der Waals surface area contributed by atoms with Gasteiger partial charge in [0.25, 0.3) is 0 Å². The summed E-state index contributed by atoms with van der Waals surface area (Å²) in [5, 5.41) is 0. The Hall–Kier alpha value is -2.83. The Morgan fingerprint density at radius 2 is 1.00 bits per heavy atom. The highest BCUT2D eigenvalue weighted by Crippen LogP contribution is 2.27. The van der Waals surface area contributed by atoms with Crippen molar-refractivity contribution in [2.24, 2.45) is 0 Å². The van der Waals surface area contributed by atoms with Gasteiger partial charge in [-0.15, -0.1) is 0 Å². The first kappa shape index (κ1) is 17.5. The van der Waals surface area contributed by atoms with E-state index in [0.717, 1.165) is 6.92 Å². The van der Waals surface area contributed by atoms with Gasteiger partial charge in [-0.3, -0.25) is 0 Å². The third kappa shape index (κ3) is 4.58. The Bertz CT molecular complexity index is 689. The molecule has 0 radical (unpaired) electrons. The van der Waals surface area contributed by atoms with Gasteiger partial charge in [0.05, 0.1) is 0 Å². The molecule has 2 aromatic rings. The molecule has 126 valence electrons. The Morgan fingerprint density at radius 3 is 1.33 bits per heavy atom. The zero-order chi connectivity index (χ0) is 17.7. The van der Waals surface area contributed by atoms with E-state index in [2.05, 4.69) is 9.47 Å². The van der Waals surface area contributed by atoms with Crippen LogP contribution >= 0.6 is 0 Å². The molecular weight excluding hydrogens is 331 g/mol. The fourth-order valence-electron chi connectivity index (χ4n) is 1.75. The van der Waals surface area contributed by atoms with E-state index in [4.69, 9.17) is 0 Å². The monoisotopic (exact) mass is 342 g/mol. The standard InChI is InChI=1S/C17H11F5O2/c1-10(18)16(21)23-13-6-2-11(3-7-13)12-4-8-14(9-5-12)24-17(22)15(19)20/h2-9H,1H3/b16-10+. The molecule has 7 heteroatoms.